The van der Waals surface area contributed by atoms with Crippen molar-refractivity contribution >= 4 is 5.71 Å². The summed E-state index contributed by atoms with van der Waals surface area (Å²) in [5.41, 5.74) is 1.99. The maximum absolute atomic E-state index is 4.26. The van der Waals surface area contributed by atoms with E-state index in [-0.39, 0.29) is 0 Å². The third kappa shape index (κ3) is 4.12. The summed E-state index contributed by atoms with van der Waals surface area (Å²) in [4.78, 5) is 4.26. The van der Waals surface area contributed by atoms with Crippen LogP contribution in [-0.2, 0) is 0 Å². The first-order valence-electron chi connectivity index (χ1n) is 4.60. The molecular weight excluding hydrogens is 146 g/mol. The van der Waals surface area contributed by atoms with Crippen LogP contribution in [0.3, 0.4) is 0 Å². The van der Waals surface area contributed by atoms with Gasteiger partial charge < -0.3 is 0 Å². The van der Waals surface area contributed by atoms with Crippen molar-refractivity contribution in [1.82, 2.24) is 0 Å². The van der Waals surface area contributed by atoms with Gasteiger partial charge in [0.1, 0.15) is 0 Å². The van der Waals surface area contributed by atoms with Crippen LogP contribution in [0.1, 0.15) is 33.6 Å². The van der Waals surface area contributed by atoms with Crippen molar-refractivity contribution in [3.63, 3.8) is 0 Å². The highest BCUT2D eigenvalue weighted by molar-refractivity contribution is 5.98. The van der Waals surface area contributed by atoms with Crippen molar-refractivity contribution < 1.29 is 0 Å². The third-order valence-electron chi connectivity index (χ3n) is 1.52. The first-order valence-corrected chi connectivity index (χ1v) is 4.60. The Bertz CT molecular complexity index is 185. The van der Waals surface area contributed by atoms with Crippen LogP contribution in [0, 0.1) is 5.92 Å². The lowest BCUT2D eigenvalue weighted by Crippen LogP contribution is -1.94. The fourth-order valence-corrected chi connectivity index (χ4v) is 0.903. The summed E-state index contributed by atoms with van der Waals surface area (Å²) in [6.07, 6.45) is 4.39. The van der Waals surface area contributed by atoms with Gasteiger partial charge in [0, 0.05) is 17.3 Å². The Hall–Kier alpha value is -0.850. The molecule has 0 aliphatic heterocycles. The molecule has 1 nitrogen and oxygen atoms in total. The molecule has 12 heavy (non-hydrogen) atoms. The standard InChI is InChI=1S/C9H13N.C2H6/c1-4-9(8-5-6-8)10-7(2)3;1-2/h4,8H,1-2,5-6H2,3H3;1-2H3. The van der Waals surface area contributed by atoms with E-state index in [2.05, 4.69) is 18.2 Å². The Morgan fingerprint density at radius 2 is 1.92 bits per heavy atom. The number of hydrogen-bond acceptors (Lipinski definition) is 1. The molecular formula is C11H19N. The Labute approximate surface area is 75.9 Å². The van der Waals surface area contributed by atoms with Crippen LogP contribution in [0.2, 0.25) is 0 Å². The van der Waals surface area contributed by atoms with Crippen LogP contribution in [0.5, 0.6) is 0 Å². The Morgan fingerprint density at radius 1 is 1.42 bits per heavy atom. The van der Waals surface area contributed by atoms with Gasteiger partial charge in [0.15, 0.2) is 0 Å². The summed E-state index contributed by atoms with van der Waals surface area (Å²) < 4.78 is 0. The van der Waals surface area contributed by atoms with Crippen molar-refractivity contribution in [2.24, 2.45) is 10.9 Å². The third-order valence-corrected chi connectivity index (χ3v) is 1.52. The average molecular weight is 165 g/mol. The van der Waals surface area contributed by atoms with E-state index in [9.17, 15) is 0 Å². The van der Waals surface area contributed by atoms with Crippen LogP contribution in [0.4, 0.5) is 0 Å². The molecule has 0 aromatic rings. The second-order valence-corrected chi connectivity index (χ2v) is 2.75. The second kappa shape index (κ2) is 5.76. The van der Waals surface area contributed by atoms with E-state index in [0.717, 1.165) is 11.4 Å². The van der Waals surface area contributed by atoms with Gasteiger partial charge in [-0.15, -0.1) is 0 Å². The molecule has 0 spiro atoms. The van der Waals surface area contributed by atoms with Crippen LogP contribution in [-0.4, -0.2) is 5.71 Å². The molecule has 0 amide bonds. The van der Waals surface area contributed by atoms with E-state index in [1.54, 1.807) is 0 Å². The normalized spacial score (nSPS) is 16.1. The molecule has 1 heteroatoms. The molecule has 1 fully saturated rings. The lowest BCUT2D eigenvalue weighted by molar-refractivity contribution is 1.17. The van der Waals surface area contributed by atoms with Crippen LogP contribution in [0.25, 0.3) is 0 Å². The molecule has 0 bridgehead atoms. The number of aliphatic imine (C=N–C) groups is 1. The minimum Gasteiger partial charge on any atom is -0.259 e. The molecule has 1 aliphatic carbocycles. The fraction of sp³-hybridized carbons (Fsp3) is 0.545. The lowest BCUT2D eigenvalue weighted by Gasteiger charge is -1.95. The van der Waals surface area contributed by atoms with Gasteiger partial charge in [-0.3, -0.25) is 4.99 Å². The predicted molar refractivity (Wildman–Crippen MR) is 56.5 cm³/mol. The zero-order valence-electron chi connectivity index (χ0n) is 8.43. The topological polar surface area (TPSA) is 12.4 Å². The zero-order valence-corrected chi connectivity index (χ0v) is 8.43. The van der Waals surface area contributed by atoms with Gasteiger partial charge in [-0.25, -0.2) is 0 Å². The Kier molecular flexibility index (Phi) is 5.35. The molecule has 1 aliphatic rings. The van der Waals surface area contributed by atoms with Crippen molar-refractivity contribution in [1.29, 1.82) is 0 Å². The van der Waals surface area contributed by atoms with Crippen molar-refractivity contribution in [3.8, 4) is 0 Å². The Balaban J connectivity index is 0.000000561. The molecule has 0 N–H and O–H groups in total. The fourth-order valence-electron chi connectivity index (χ4n) is 0.903. The molecule has 0 aromatic heterocycles. The van der Waals surface area contributed by atoms with Gasteiger partial charge in [0.2, 0.25) is 0 Å². The lowest BCUT2D eigenvalue weighted by atomic mass is 10.2. The number of allylic oxidation sites excluding steroid dienone is 2. The first kappa shape index (κ1) is 11.2. The minimum absolute atomic E-state index is 0.689. The van der Waals surface area contributed by atoms with Gasteiger partial charge in [-0.2, -0.15) is 0 Å². The van der Waals surface area contributed by atoms with Crippen LogP contribution < -0.4 is 0 Å². The van der Waals surface area contributed by atoms with E-state index in [4.69, 9.17) is 0 Å². The molecule has 1 rings (SSSR count). The number of nitrogens with zero attached hydrogens (tertiary/aromatic N) is 1. The van der Waals surface area contributed by atoms with E-state index in [1.165, 1.54) is 12.8 Å². The molecule has 68 valence electrons. The summed E-state index contributed by atoms with van der Waals surface area (Å²) in [7, 11) is 0. The SMILES string of the molecule is C=CC(=NC(=C)C)C1CC1.CC. The number of hydrogen-bond donors (Lipinski definition) is 0. The highest BCUT2D eigenvalue weighted by Crippen LogP contribution is 2.31. The van der Waals surface area contributed by atoms with E-state index >= 15 is 0 Å². The van der Waals surface area contributed by atoms with E-state index in [1.807, 2.05) is 26.8 Å². The van der Waals surface area contributed by atoms with Gasteiger partial charge in [0.25, 0.3) is 0 Å². The summed E-state index contributed by atoms with van der Waals surface area (Å²) in [6, 6.07) is 0. The van der Waals surface area contributed by atoms with Gasteiger partial charge in [0.05, 0.1) is 0 Å². The molecule has 0 radical (unpaired) electrons. The second-order valence-electron chi connectivity index (χ2n) is 2.75. The van der Waals surface area contributed by atoms with Crippen molar-refractivity contribution in [2.45, 2.75) is 33.6 Å². The first-order chi connectivity index (χ1) is 5.74. The molecule has 0 heterocycles. The average Bonchev–Trinajstić information content (AvgIpc) is 2.86. The molecule has 0 unspecified atom stereocenters. The monoisotopic (exact) mass is 165 g/mol. The maximum Gasteiger partial charge on any atom is 0.0431 e. The van der Waals surface area contributed by atoms with Crippen molar-refractivity contribution in [2.75, 3.05) is 0 Å². The predicted octanol–water partition coefficient (Wildman–Crippen LogP) is 3.58. The molecule has 0 atom stereocenters. The van der Waals surface area contributed by atoms with E-state index < -0.39 is 0 Å². The molecule has 0 aromatic carbocycles. The molecule has 0 saturated heterocycles. The van der Waals surface area contributed by atoms with E-state index in [0.29, 0.717) is 5.92 Å². The summed E-state index contributed by atoms with van der Waals surface area (Å²) in [6.45, 7) is 13.3. The summed E-state index contributed by atoms with van der Waals surface area (Å²) >= 11 is 0. The quantitative estimate of drug-likeness (QED) is 0.567. The highest BCUT2D eigenvalue weighted by Gasteiger charge is 2.25. The summed E-state index contributed by atoms with van der Waals surface area (Å²) in [5.74, 6) is 0.689. The number of rotatable bonds is 3. The largest absolute Gasteiger partial charge is 0.259 e. The minimum atomic E-state index is 0.689. The smallest absolute Gasteiger partial charge is 0.0431 e. The zero-order chi connectivity index (χ0) is 9.56. The van der Waals surface area contributed by atoms with Crippen LogP contribution >= 0.6 is 0 Å². The maximum atomic E-state index is 4.26. The van der Waals surface area contributed by atoms with Gasteiger partial charge >= 0.3 is 0 Å². The van der Waals surface area contributed by atoms with Crippen LogP contribution in [0.15, 0.2) is 29.9 Å². The van der Waals surface area contributed by atoms with Gasteiger partial charge in [-0.1, -0.05) is 27.0 Å². The Morgan fingerprint density at radius 3 is 2.17 bits per heavy atom. The highest BCUT2D eigenvalue weighted by atomic mass is 14.8. The van der Waals surface area contributed by atoms with Gasteiger partial charge in [-0.05, 0) is 25.8 Å². The molecule has 1 saturated carbocycles. The van der Waals surface area contributed by atoms with Crippen molar-refractivity contribution in [3.05, 3.63) is 24.9 Å². The summed E-state index contributed by atoms with van der Waals surface area (Å²) in [5, 5.41) is 0.